The molecule has 1 aromatic heterocycles. The van der Waals surface area contributed by atoms with Gasteiger partial charge < -0.3 is 0 Å². The summed E-state index contributed by atoms with van der Waals surface area (Å²) >= 11 is 5.71. The van der Waals surface area contributed by atoms with Gasteiger partial charge in [0, 0.05) is 18.6 Å². The van der Waals surface area contributed by atoms with Gasteiger partial charge in [-0.05, 0) is 30.7 Å². The molecule has 1 aromatic carbocycles. The maximum absolute atomic E-state index is 12.8. The minimum Gasteiger partial charge on any atom is -0.251 e. The van der Waals surface area contributed by atoms with Crippen LogP contribution in [0.2, 0.25) is 0 Å². The zero-order chi connectivity index (χ0) is 14.9. The second-order valence-corrected chi connectivity index (χ2v) is 6.64. The van der Waals surface area contributed by atoms with Crippen LogP contribution in [0.25, 0.3) is 0 Å². The first-order chi connectivity index (χ1) is 10.2. The number of halogens is 1. The van der Waals surface area contributed by atoms with Crippen LogP contribution in [0.5, 0.6) is 0 Å². The Bertz CT molecular complexity index is 737. The molecular formula is C14H14ClN3O2S. The molecule has 0 atom stereocenters. The average molecular weight is 324 g/mol. The maximum Gasteiger partial charge on any atom is 0.332 e. The highest BCUT2D eigenvalue weighted by atomic mass is 35.5. The van der Waals surface area contributed by atoms with Crippen LogP contribution < -0.4 is 8.61 Å². The van der Waals surface area contributed by atoms with Gasteiger partial charge in [0.2, 0.25) is 0 Å². The van der Waals surface area contributed by atoms with Gasteiger partial charge in [-0.2, -0.15) is 8.42 Å². The number of fused-ring (bicyclic) bond motifs is 1. The van der Waals surface area contributed by atoms with Crippen molar-refractivity contribution >= 4 is 39.0 Å². The van der Waals surface area contributed by atoms with Crippen LogP contribution in [0.3, 0.4) is 0 Å². The minimum atomic E-state index is -3.67. The molecule has 0 unspecified atom stereocenters. The van der Waals surface area contributed by atoms with Gasteiger partial charge in [0.05, 0.1) is 11.4 Å². The Morgan fingerprint density at radius 3 is 2.43 bits per heavy atom. The van der Waals surface area contributed by atoms with E-state index in [0.29, 0.717) is 36.0 Å². The van der Waals surface area contributed by atoms with Crippen molar-refractivity contribution in [2.75, 3.05) is 21.0 Å². The highest BCUT2D eigenvalue weighted by Crippen LogP contribution is 2.44. The first-order valence-corrected chi connectivity index (χ1v) is 8.48. The standard InChI is InChI=1S/C14H14ClN3O2S/c15-9-5-11-17-12-6-1-2-7-13(12)18(21(17,19)20)14-8-3-4-10-16-14/h1-4,6-8,10H,5,9,11H2. The van der Waals surface area contributed by atoms with Crippen molar-refractivity contribution in [1.29, 1.82) is 0 Å². The molecule has 1 aliphatic heterocycles. The lowest BCUT2D eigenvalue weighted by atomic mass is 10.2. The molecule has 0 bridgehead atoms. The summed E-state index contributed by atoms with van der Waals surface area (Å²) < 4.78 is 28.3. The van der Waals surface area contributed by atoms with Crippen molar-refractivity contribution < 1.29 is 8.42 Å². The summed E-state index contributed by atoms with van der Waals surface area (Å²) in [6.07, 6.45) is 2.17. The minimum absolute atomic E-state index is 0.353. The van der Waals surface area contributed by atoms with Crippen LogP contribution in [0.1, 0.15) is 6.42 Å². The van der Waals surface area contributed by atoms with Gasteiger partial charge in [0.25, 0.3) is 0 Å². The smallest absolute Gasteiger partial charge is 0.251 e. The Balaban J connectivity index is 2.13. The van der Waals surface area contributed by atoms with Crippen molar-refractivity contribution in [3.05, 3.63) is 48.7 Å². The third-order valence-electron chi connectivity index (χ3n) is 3.23. The third-order valence-corrected chi connectivity index (χ3v) is 5.28. The molecule has 0 saturated carbocycles. The Hall–Kier alpha value is -1.79. The summed E-state index contributed by atoms with van der Waals surface area (Å²) in [6, 6.07) is 12.4. The van der Waals surface area contributed by atoms with Crippen LogP contribution in [-0.2, 0) is 10.2 Å². The van der Waals surface area contributed by atoms with E-state index in [1.54, 1.807) is 36.5 Å². The molecule has 7 heteroatoms. The number of hydrogen-bond donors (Lipinski definition) is 0. The zero-order valence-electron chi connectivity index (χ0n) is 11.2. The molecule has 2 aromatic rings. The van der Waals surface area contributed by atoms with Gasteiger partial charge in [-0.3, -0.25) is 4.31 Å². The Kier molecular flexibility index (Phi) is 3.73. The fourth-order valence-electron chi connectivity index (χ4n) is 2.35. The van der Waals surface area contributed by atoms with Gasteiger partial charge >= 0.3 is 10.2 Å². The van der Waals surface area contributed by atoms with Gasteiger partial charge in [0.15, 0.2) is 0 Å². The lowest BCUT2D eigenvalue weighted by molar-refractivity contribution is 0.593. The van der Waals surface area contributed by atoms with Crippen LogP contribution >= 0.6 is 11.6 Å². The number of hydrogen-bond acceptors (Lipinski definition) is 3. The van der Waals surface area contributed by atoms with E-state index in [2.05, 4.69) is 4.98 Å². The first kappa shape index (κ1) is 14.2. The molecule has 0 saturated heterocycles. The number of para-hydroxylation sites is 2. The van der Waals surface area contributed by atoms with Gasteiger partial charge in [0.1, 0.15) is 5.82 Å². The summed E-state index contributed by atoms with van der Waals surface area (Å²) in [5.41, 5.74) is 1.28. The predicted octanol–water partition coefficient (Wildman–Crippen LogP) is 2.91. The normalized spacial score (nSPS) is 16.0. The fraction of sp³-hybridized carbons (Fsp3) is 0.214. The number of benzene rings is 1. The number of alkyl halides is 1. The third kappa shape index (κ3) is 2.34. The summed E-state index contributed by atoms with van der Waals surface area (Å²) in [5.74, 6) is 0.802. The molecule has 0 amide bonds. The van der Waals surface area contributed by atoms with Gasteiger partial charge in [-0.15, -0.1) is 11.6 Å². The number of nitrogens with zero attached hydrogens (tertiary/aromatic N) is 3. The molecule has 3 rings (SSSR count). The van der Waals surface area contributed by atoms with Crippen LogP contribution in [-0.4, -0.2) is 25.8 Å². The Morgan fingerprint density at radius 2 is 1.76 bits per heavy atom. The van der Waals surface area contributed by atoms with Gasteiger partial charge in [-0.25, -0.2) is 9.29 Å². The largest absolute Gasteiger partial charge is 0.332 e. The van der Waals surface area contributed by atoms with E-state index in [4.69, 9.17) is 11.6 Å². The van der Waals surface area contributed by atoms with Crippen LogP contribution in [0.15, 0.2) is 48.7 Å². The molecule has 0 aliphatic carbocycles. The lowest BCUT2D eigenvalue weighted by Crippen LogP contribution is -2.36. The molecule has 1 aliphatic rings. The molecule has 0 radical (unpaired) electrons. The zero-order valence-corrected chi connectivity index (χ0v) is 12.8. The molecule has 110 valence electrons. The fourth-order valence-corrected chi connectivity index (χ4v) is 4.18. The molecule has 0 N–H and O–H groups in total. The molecule has 5 nitrogen and oxygen atoms in total. The van der Waals surface area contributed by atoms with E-state index < -0.39 is 10.2 Å². The summed E-state index contributed by atoms with van der Waals surface area (Å²) in [7, 11) is -3.67. The van der Waals surface area contributed by atoms with E-state index in [0.717, 1.165) is 0 Å². The van der Waals surface area contributed by atoms with Crippen molar-refractivity contribution in [2.24, 2.45) is 0 Å². The van der Waals surface area contributed by atoms with Crippen molar-refractivity contribution in [2.45, 2.75) is 6.42 Å². The topological polar surface area (TPSA) is 53.5 Å². The second-order valence-electron chi connectivity index (χ2n) is 4.56. The van der Waals surface area contributed by atoms with E-state index in [-0.39, 0.29) is 0 Å². The molecule has 2 heterocycles. The number of pyridine rings is 1. The highest BCUT2D eigenvalue weighted by Gasteiger charge is 2.41. The van der Waals surface area contributed by atoms with E-state index >= 15 is 0 Å². The SMILES string of the molecule is O=S1(=O)N(CCCCl)c2ccccc2N1c1ccccn1. The lowest BCUT2D eigenvalue weighted by Gasteiger charge is -2.20. The van der Waals surface area contributed by atoms with Crippen molar-refractivity contribution in [1.82, 2.24) is 4.98 Å². The average Bonchev–Trinajstić information content (AvgIpc) is 2.72. The van der Waals surface area contributed by atoms with Crippen molar-refractivity contribution in [3.8, 4) is 0 Å². The highest BCUT2D eigenvalue weighted by molar-refractivity contribution is 7.95. The number of rotatable bonds is 4. The number of aromatic nitrogens is 1. The van der Waals surface area contributed by atoms with Crippen molar-refractivity contribution in [3.63, 3.8) is 0 Å². The molecule has 21 heavy (non-hydrogen) atoms. The Morgan fingerprint density at radius 1 is 1.05 bits per heavy atom. The molecular weight excluding hydrogens is 310 g/mol. The maximum atomic E-state index is 12.8. The van der Waals surface area contributed by atoms with Crippen LogP contribution in [0, 0.1) is 0 Å². The number of anilines is 3. The summed E-state index contributed by atoms with van der Waals surface area (Å²) in [6.45, 7) is 0.353. The van der Waals surface area contributed by atoms with E-state index in [1.807, 2.05) is 12.1 Å². The van der Waals surface area contributed by atoms with Gasteiger partial charge in [-0.1, -0.05) is 18.2 Å². The monoisotopic (exact) mass is 323 g/mol. The summed E-state index contributed by atoms with van der Waals surface area (Å²) in [4.78, 5) is 4.16. The predicted molar refractivity (Wildman–Crippen MR) is 84.4 cm³/mol. The summed E-state index contributed by atoms with van der Waals surface area (Å²) in [5, 5.41) is 0. The van der Waals surface area contributed by atoms with E-state index in [1.165, 1.54) is 8.61 Å². The Labute approximate surface area is 129 Å². The van der Waals surface area contributed by atoms with Crippen LogP contribution in [0.4, 0.5) is 17.2 Å². The first-order valence-electron chi connectivity index (χ1n) is 6.55. The second kappa shape index (κ2) is 5.54. The quantitative estimate of drug-likeness (QED) is 0.813. The molecule has 0 spiro atoms. The van der Waals surface area contributed by atoms with E-state index in [9.17, 15) is 8.42 Å². The molecule has 0 fully saturated rings.